The molecule has 1 aliphatic heterocycles. The van der Waals surface area contributed by atoms with E-state index in [1.807, 2.05) is 4.98 Å². The summed E-state index contributed by atoms with van der Waals surface area (Å²) in [5.74, 6) is -1.38. The van der Waals surface area contributed by atoms with E-state index in [0.29, 0.717) is 30.3 Å². The smallest absolute Gasteiger partial charge is 0.417 e. The number of hydrogen-bond donors (Lipinski definition) is 2. The average molecular weight is 409 g/mol. The molecule has 154 valence electrons. The van der Waals surface area contributed by atoms with Gasteiger partial charge in [-0.25, -0.2) is 0 Å². The van der Waals surface area contributed by atoms with Crippen molar-refractivity contribution in [3.63, 3.8) is 0 Å². The van der Waals surface area contributed by atoms with Gasteiger partial charge in [-0.1, -0.05) is 12.1 Å². The lowest BCUT2D eigenvalue weighted by Crippen LogP contribution is -2.30. The first-order chi connectivity index (χ1) is 13.7. The van der Waals surface area contributed by atoms with Crippen molar-refractivity contribution in [3.8, 4) is 5.75 Å². The second-order valence-electron chi connectivity index (χ2n) is 6.42. The second-order valence-corrected chi connectivity index (χ2v) is 6.42. The van der Waals surface area contributed by atoms with Crippen LogP contribution in [0.3, 0.4) is 0 Å². The molecule has 1 aromatic heterocycles. The summed E-state index contributed by atoms with van der Waals surface area (Å²) < 4.78 is 44.0. The number of halogens is 3. The van der Waals surface area contributed by atoms with Crippen molar-refractivity contribution in [2.45, 2.75) is 19.5 Å². The summed E-state index contributed by atoms with van der Waals surface area (Å²) >= 11 is 0. The fraction of sp³-hybridized carbons (Fsp3) is 0.316. The number of alkyl halides is 3. The molecule has 0 spiro atoms. The number of carbonyl (C=O) groups excluding carboxylic acids is 2. The van der Waals surface area contributed by atoms with Crippen molar-refractivity contribution >= 4 is 23.2 Å². The van der Waals surface area contributed by atoms with Crippen molar-refractivity contribution < 1.29 is 27.5 Å². The molecular weight excluding hydrogens is 391 g/mol. The van der Waals surface area contributed by atoms with Gasteiger partial charge in [0.1, 0.15) is 11.4 Å². The number of H-pyrrole nitrogens is 1. The molecule has 0 radical (unpaired) electrons. The van der Waals surface area contributed by atoms with Gasteiger partial charge >= 0.3 is 6.18 Å². The third kappa shape index (κ3) is 4.41. The molecule has 2 aromatic rings. The molecule has 7 nitrogen and oxygen atoms in total. The highest BCUT2D eigenvalue weighted by Gasteiger charge is 2.37. The largest absolute Gasteiger partial charge is 0.492 e. The minimum atomic E-state index is -4.67. The lowest BCUT2D eigenvalue weighted by molar-refractivity contribution is -0.137. The van der Waals surface area contributed by atoms with Crippen molar-refractivity contribution in [2.24, 2.45) is 5.92 Å². The minimum Gasteiger partial charge on any atom is -0.492 e. The van der Waals surface area contributed by atoms with Crippen molar-refractivity contribution in [2.75, 3.05) is 23.4 Å². The summed E-state index contributed by atoms with van der Waals surface area (Å²) in [6.45, 7) is 2.21. The predicted octanol–water partition coefficient (Wildman–Crippen LogP) is 2.78. The number of nitrogens with zero attached hydrogens (tertiary/aromatic N) is 1. The molecule has 10 heteroatoms. The Morgan fingerprint density at radius 3 is 2.72 bits per heavy atom. The Kier molecular flexibility index (Phi) is 5.62. The fourth-order valence-electron chi connectivity index (χ4n) is 3.05. The highest BCUT2D eigenvalue weighted by molar-refractivity contribution is 6.04. The summed E-state index contributed by atoms with van der Waals surface area (Å²) in [6.07, 6.45) is -4.28. The van der Waals surface area contributed by atoms with E-state index in [1.54, 1.807) is 31.2 Å². The van der Waals surface area contributed by atoms with Gasteiger partial charge in [-0.15, -0.1) is 0 Å². The van der Waals surface area contributed by atoms with Gasteiger partial charge in [0.15, 0.2) is 0 Å². The third-order valence-corrected chi connectivity index (χ3v) is 4.44. The van der Waals surface area contributed by atoms with Crippen LogP contribution >= 0.6 is 0 Å². The van der Waals surface area contributed by atoms with Crippen LogP contribution < -0.4 is 20.5 Å². The first kappa shape index (κ1) is 20.4. The highest BCUT2D eigenvalue weighted by Crippen LogP contribution is 2.33. The number of aromatic nitrogens is 1. The molecule has 1 aliphatic rings. The number of nitrogens with one attached hydrogen (secondary N) is 2. The average Bonchev–Trinajstić information content (AvgIpc) is 3.05. The number of pyridine rings is 1. The lowest BCUT2D eigenvalue weighted by Gasteiger charge is -2.20. The van der Waals surface area contributed by atoms with Crippen LogP contribution in [0.25, 0.3) is 0 Å². The maximum absolute atomic E-state index is 12.8. The maximum atomic E-state index is 12.8. The molecular formula is C19H18F3N3O4. The van der Waals surface area contributed by atoms with E-state index in [2.05, 4.69) is 5.32 Å². The zero-order valence-corrected chi connectivity index (χ0v) is 15.4. The summed E-state index contributed by atoms with van der Waals surface area (Å²) in [7, 11) is 0. The molecule has 1 aromatic carbocycles. The molecule has 0 saturated carbocycles. The predicted molar refractivity (Wildman–Crippen MR) is 98.8 cm³/mol. The molecule has 2 N–H and O–H groups in total. The number of hydrogen-bond acceptors (Lipinski definition) is 4. The van der Waals surface area contributed by atoms with E-state index in [-0.39, 0.29) is 18.9 Å². The van der Waals surface area contributed by atoms with E-state index in [9.17, 15) is 27.6 Å². The van der Waals surface area contributed by atoms with Gasteiger partial charge in [0.25, 0.3) is 5.56 Å². The minimum absolute atomic E-state index is 0.0195. The number of anilines is 2. The molecule has 0 bridgehead atoms. The Bertz CT molecular complexity index is 987. The standard InChI is InChI=1S/C19H18F3N3O4/c1-2-29-15-6-4-3-5-14(15)25-10-11(7-16(25)26)17(27)24-13-8-12(19(20,21)22)9-23-18(13)28/h3-6,8-9,11H,2,7,10H2,1H3,(H,23,28)(H,24,27). The van der Waals surface area contributed by atoms with Gasteiger partial charge in [-0.3, -0.25) is 14.4 Å². The van der Waals surface area contributed by atoms with Crippen LogP contribution in [-0.2, 0) is 15.8 Å². The maximum Gasteiger partial charge on any atom is 0.417 e. The van der Waals surface area contributed by atoms with Crippen LogP contribution in [0.2, 0.25) is 0 Å². The molecule has 1 fully saturated rings. The molecule has 3 rings (SSSR count). The van der Waals surface area contributed by atoms with Crippen LogP contribution in [0.4, 0.5) is 24.5 Å². The number of para-hydroxylation sites is 2. The zero-order chi connectivity index (χ0) is 21.2. The first-order valence-corrected chi connectivity index (χ1v) is 8.83. The number of rotatable bonds is 5. The van der Waals surface area contributed by atoms with Gasteiger partial charge in [-0.05, 0) is 25.1 Å². The highest BCUT2D eigenvalue weighted by atomic mass is 19.4. The third-order valence-electron chi connectivity index (χ3n) is 4.44. The van der Waals surface area contributed by atoms with Gasteiger partial charge in [0.05, 0.1) is 23.8 Å². The van der Waals surface area contributed by atoms with Gasteiger partial charge in [0.2, 0.25) is 11.8 Å². The number of aromatic amines is 1. The monoisotopic (exact) mass is 409 g/mol. The van der Waals surface area contributed by atoms with Crippen LogP contribution in [0.1, 0.15) is 18.9 Å². The van der Waals surface area contributed by atoms with Crippen LogP contribution in [0, 0.1) is 5.92 Å². The topological polar surface area (TPSA) is 91.5 Å². The van der Waals surface area contributed by atoms with Crippen molar-refractivity contribution in [1.29, 1.82) is 0 Å². The Morgan fingerprint density at radius 1 is 1.31 bits per heavy atom. The lowest BCUT2D eigenvalue weighted by atomic mass is 10.1. The first-order valence-electron chi connectivity index (χ1n) is 8.83. The normalized spacial score (nSPS) is 16.8. The van der Waals surface area contributed by atoms with Crippen molar-refractivity contribution in [1.82, 2.24) is 4.98 Å². The summed E-state index contributed by atoms with van der Waals surface area (Å²) in [5.41, 5.74) is -1.98. The Balaban J connectivity index is 1.78. The molecule has 1 saturated heterocycles. The molecule has 2 amide bonds. The molecule has 0 aliphatic carbocycles. The molecule has 1 unspecified atom stereocenters. The summed E-state index contributed by atoms with van der Waals surface area (Å²) in [4.78, 5) is 40.1. The van der Waals surface area contributed by atoms with E-state index < -0.39 is 34.8 Å². The van der Waals surface area contributed by atoms with Crippen molar-refractivity contribution in [3.05, 3.63) is 52.4 Å². The summed E-state index contributed by atoms with van der Waals surface area (Å²) in [5, 5.41) is 2.20. The number of carbonyl (C=O) groups is 2. The van der Waals surface area contributed by atoms with Gasteiger partial charge < -0.3 is 19.9 Å². The van der Waals surface area contributed by atoms with Crippen LogP contribution in [0.5, 0.6) is 5.75 Å². The fourth-order valence-corrected chi connectivity index (χ4v) is 3.05. The van der Waals surface area contributed by atoms with Crippen LogP contribution in [0.15, 0.2) is 41.3 Å². The Hall–Kier alpha value is -3.30. The number of amides is 2. The summed E-state index contributed by atoms with van der Waals surface area (Å²) in [6, 6.07) is 7.41. The zero-order valence-electron chi connectivity index (χ0n) is 15.4. The Morgan fingerprint density at radius 2 is 2.03 bits per heavy atom. The number of ether oxygens (including phenoxy) is 1. The Labute approximate surface area is 163 Å². The second kappa shape index (κ2) is 7.98. The van der Waals surface area contributed by atoms with Gasteiger partial charge in [0, 0.05) is 19.2 Å². The molecule has 1 atom stereocenters. The van der Waals surface area contributed by atoms with Gasteiger partial charge in [-0.2, -0.15) is 13.2 Å². The SMILES string of the molecule is CCOc1ccccc1N1CC(C(=O)Nc2cc(C(F)(F)F)c[nH]c2=O)CC1=O. The van der Waals surface area contributed by atoms with Crippen LogP contribution in [-0.4, -0.2) is 29.9 Å². The number of benzene rings is 1. The van der Waals surface area contributed by atoms with E-state index in [0.717, 1.165) is 0 Å². The molecule has 29 heavy (non-hydrogen) atoms. The van der Waals surface area contributed by atoms with E-state index in [1.165, 1.54) is 4.90 Å². The molecule has 2 heterocycles. The quantitative estimate of drug-likeness (QED) is 0.795. The van der Waals surface area contributed by atoms with E-state index >= 15 is 0 Å². The van der Waals surface area contributed by atoms with E-state index in [4.69, 9.17) is 4.74 Å².